The van der Waals surface area contributed by atoms with E-state index >= 15 is 0 Å². The largest absolute Gasteiger partial charge is 0.481 e. The van der Waals surface area contributed by atoms with Gasteiger partial charge in [0.15, 0.2) is 5.82 Å². The van der Waals surface area contributed by atoms with Gasteiger partial charge in [-0.25, -0.2) is 0 Å². The Morgan fingerprint density at radius 1 is 1.53 bits per heavy atom. The number of aliphatic carboxylic acids is 1. The Morgan fingerprint density at radius 3 is 2.82 bits per heavy atom. The Balaban J connectivity index is 2.40. The molecule has 1 N–H and O–H groups in total. The second-order valence-corrected chi connectivity index (χ2v) is 4.58. The summed E-state index contributed by atoms with van der Waals surface area (Å²) in [6.07, 6.45) is 0.888. The van der Waals surface area contributed by atoms with Crippen LogP contribution in [0.4, 0.5) is 0 Å². The molecule has 0 bridgehead atoms. The lowest BCUT2D eigenvalue weighted by atomic mass is 10.1. The van der Waals surface area contributed by atoms with E-state index in [0.29, 0.717) is 30.7 Å². The van der Waals surface area contributed by atoms with Gasteiger partial charge in [-0.1, -0.05) is 19.0 Å². The molecule has 1 aromatic rings. The molecule has 1 aromatic heterocycles. The van der Waals surface area contributed by atoms with Gasteiger partial charge < -0.3 is 9.63 Å². The lowest BCUT2D eigenvalue weighted by Gasteiger charge is -2.11. The Labute approximate surface area is 101 Å². The number of aromatic nitrogens is 2. The lowest BCUT2D eigenvalue weighted by Crippen LogP contribution is -2.21. The molecule has 0 unspecified atom stereocenters. The highest BCUT2D eigenvalue weighted by atomic mass is 16.5. The number of nitrogens with zero attached hydrogens (tertiary/aromatic N) is 3. The lowest BCUT2D eigenvalue weighted by molar-refractivity contribution is -0.137. The molecule has 0 radical (unpaired) electrons. The number of carboxylic acid groups (broad SMARTS) is 1. The van der Waals surface area contributed by atoms with Gasteiger partial charge in [0.25, 0.3) is 0 Å². The van der Waals surface area contributed by atoms with Gasteiger partial charge in [0, 0.05) is 13.0 Å². The molecule has 0 aliphatic heterocycles. The predicted octanol–water partition coefficient (Wildman–Crippen LogP) is 1.17. The SMILES string of the molecule is CC(C)Cc1nc(CN(C)CCC(=O)O)no1. The van der Waals surface area contributed by atoms with Crippen molar-refractivity contribution in [1.82, 2.24) is 15.0 Å². The van der Waals surface area contributed by atoms with Crippen LogP contribution in [0, 0.1) is 5.92 Å². The van der Waals surface area contributed by atoms with Crippen LogP contribution in [0.1, 0.15) is 32.0 Å². The number of carbonyl (C=O) groups is 1. The molecular formula is C11H19N3O3. The van der Waals surface area contributed by atoms with Crippen LogP contribution in [0.15, 0.2) is 4.52 Å². The summed E-state index contributed by atoms with van der Waals surface area (Å²) in [6.45, 7) is 5.16. The number of hydrogen-bond acceptors (Lipinski definition) is 5. The first kappa shape index (κ1) is 13.6. The maximum absolute atomic E-state index is 10.4. The van der Waals surface area contributed by atoms with Crippen molar-refractivity contribution in [3.05, 3.63) is 11.7 Å². The van der Waals surface area contributed by atoms with E-state index in [9.17, 15) is 4.79 Å². The molecule has 1 heterocycles. The molecule has 0 saturated heterocycles. The van der Waals surface area contributed by atoms with E-state index in [4.69, 9.17) is 9.63 Å². The van der Waals surface area contributed by atoms with E-state index in [-0.39, 0.29) is 6.42 Å². The average molecular weight is 241 g/mol. The predicted molar refractivity (Wildman–Crippen MR) is 61.4 cm³/mol. The topological polar surface area (TPSA) is 79.5 Å². The van der Waals surface area contributed by atoms with Crippen molar-refractivity contribution in [1.29, 1.82) is 0 Å². The third-order valence-electron chi connectivity index (χ3n) is 2.21. The van der Waals surface area contributed by atoms with Crippen LogP contribution in [0.3, 0.4) is 0 Å². The zero-order valence-electron chi connectivity index (χ0n) is 10.5. The minimum absolute atomic E-state index is 0.118. The van der Waals surface area contributed by atoms with Gasteiger partial charge in [0.2, 0.25) is 5.89 Å². The fourth-order valence-electron chi connectivity index (χ4n) is 1.39. The highest BCUT2D eigenvalue weighted by Gasteiger charge is 2.10. The molecule has 1 rings (SSSR count). The van der Waals surface area contributed by atoms with Crippen LogP contribution >= 0.6 is 0 Å². The molecule has 0 amide bonds. The van der Waals surface area contributed by atoms with Crippen molar-refractivity contribution in [2.75, 3.05) is 13.6 Å². The number of hydrogen-bond donors (Lipinski definition) is 1. The molecule has 17 heavy (non-hydrogen) atoms. The van der Waals surface area contributed by atoms with Crippen molar-refractivity contribution >= 4 is 5.97 Å². The molecule has 0 spiro atoms. The molecule has 6 nitrogen and oxygen atoms in total. The smallest absolute Gasteiger partial charge is 0.304 e. The second-order valence-electron chi connectivity index (χ2n) is 4.58. The van der Waals surface area contributed by atoms with E-state index in [1.165, 1.54) is 0 Å². The second kappa shape index (κ2) is 6.34. The van der Waals surface area contributed by atoms with Crippen LogP contribution in [-0.2, 0) is 17.8 Å². The van der Waals surface area contributed by atoms with Gasteiger partial charge in [-0.3, -0.25) is 9.69 Å². The summed E-state index contributed by atoms with van der Waals surface area (Å²) in [5.74, 6) is 0.925. The standard InChI is InChI=1S/C11H19N3O3/c1-8(2)6-10-12-9(13-17-10)7-14(3)5-4-11(15)16/h8H,4-7H2,1-3H3,(H,15,16). The van der Waals surface area contributed by atoms with E-state index in [2.05, 4.69) is 24.0 Å². The molecule has 0 atom stereocenters. The molecule has 6 heteroatoms. The Hall–Kier alpha value is -1.43. The minimum atomic E-state index is -0.801. The van der Waals surface area contributed by atoms with Gasteiger partial charge >= 0.3 is 5.97 Å². The van der Waals surface area contributed by atoms with Crippen LogP contribution < -0.4 is 0 Å². The van der Waals surface area contributed by atoms with Crippen LogP contribution in [0.2, 0.25) is 0 Å². The quantitative estimate of drug-likeness (QED) is 0.772. The summed E-state index contributed by atoms with van der Waals surface area (Å²) in [7, 11) is 1.83. The van der Waals surface area contributed by atoms with Crippen LogP contribution in [0.5, 0.6) is 0 Å². The summed E-state index contributed by atoms with van der Waals surface area (Å²) in [5, 5.41) is 12.4. The summed E-state index contributed by atoms with van der Waals surface area (Å²) >= 11 is 0. The van der Waals surface area contributed by atoms with Gasteiger partial charge in [0.1, 0.15) is 0 Å². The third-order valence-corrected chi connectivity index (χ3v) is 2.21. The van der Waals surface area contributed by atoms with Gasteiger partial charge in [-0.15, -0.1) is 0 Å². The van der Waals surface area contributed by atoms with Crippen molar-refractivity contribution in [2.45, 2.75) is 33.2 Å². The molecule has 0 aromatic carbocycles. The number of rotatable bonds is 7. The van der Waals surface area contributed by atoms with Crippen LogP contribution in [-0.4, -0.2) is 39.7 Å². The summed E-state index contributed by atoms with van der Waals surface area (Å²) in [5.41, 5.74) is 0. The molecular weight excluding hydrogens is 222 g/mol. The molecule has 0 aliphatic carbocycles. The summed E-state index contributed by atoms with van der Waals surface area (Å²) in [6, 6.07) is 0. The fourth-order valence-corrected chi connectivity index (χ4v) is 1.39. The zero-order chi connectivity index (χ0) is 12.8. The Morgan fingerprint density at radius 2 is 2.24 bits per heavy atom. The first-order valence-electron chi connectivity index (χ1n) is 5.69. The maximum atomic E-state index is 10.4. The van der Waals surface area contributed by atoms with Crippen molar-refractivity contribution < 1.29 is 14.4 Å². The molecule has 0 aliphatic rings. The Bertz CT molecular complexity index is 363. The average Bonchev–Trinajstić information content (AvgIpc) is 2.61. The van der Waals surface area contributed by atoms with Crippen LogP contribution in [0.25, 0.3) is 0 Å². The van der Waals surface area contributed by atoms with E-state index in [1.807, 2.05) is 11.9 Å². The number of carboxylic acids is 1. The van der Waals surface area contributed by atoms with Crippen molar-refractivity contribution in [3.63, 3.8) is 0 Å². The normalized spacial score (nSPS) is 11.4. The third kappa shape index (κ3) is 5.44. The monoisotopic (exact) mass is 241 g/mol. The van der Waals surface area contributed by atoms with Gasteiger partial charge in [-0.2, -0.15) is 4.98 Å². The highest BCUT2D eigenvalue weighted by Crippen LogP contribution is 2.06. The first-order chi connectivity index (χ1) is 7.97. The zero-order valence-corrected chi connectivity index (χ0v) is 10.5. The van der Waals surface area contributed by atoms with E-state index in [1.54, 1.807) is 0 Å². The van der Waals surface area contributed by atoms with Gasteiger partial charge in [-0.05, 0) is 13.0 Å². The van der Waals surface area contributed by atoms with Crippen molar-refractivity contribution in [2.24, 2.45) is 5.92 Å². The molecule has 0 saturated carbocycles. The molecule has 96 valence electrons. The van der Waals surface area contributed by atoms with Crippen molar-refractivity contribution in [3.8, 4) is 0 Å². The first-order valence-corrected chi connectivity index (χ1v) is 5.69. The maximum Gasteiger partial charge on any atom is 0.304 e. The fraction of sp³-hybridized carbons (Fsp3) is 0.727. The minimum Gasteiger partial charge on any atom is -0.481 e. The van der Waals surface area contributed by atoms with Gasteiger partial charge in [0.05, 0.1) is 13.0 Å². The van der Waals surface area contributed by atoms with E-state index < -0.39 is 5.97 Å². The Kier molecular flexibility index (Phi) is 5.09. The molecule has 0 fully saturated rings. The summed E-state index contributed by atoms with van der Waals surface area (Å²) in [4.78, 5) is 16.5. The summed E-state index contributed by atoms with van der Waals surface area (Å²) < 4.78 is 5.10. The van der Waals surface area contributed by atoms with E-state index in [0.717, 1.165) is 6.42 Å². The highest BCUT2D eigenvalue weighted by molar-refractivity contribution is 5.66.